The van der Waals surface area contributed by atoms with E-state index in [1.807, 2.05) is 24.3 Å². The summed E-state index contributed by atoms with van der Waals surface area (Å²) in [6.45, 7) is 0. The molecule has 0 unspecified atom stereocenters. The van der Waals surface area contributed by atoms with Gasteiger partial charge in [-0.05, 0) is 23.3 Å². The minimum absolute atomic E-state index is 0.301. The SMILES string of the molecule is NC(=O)CCc1cccc(-c2nn[nH]n2)c1. The Bertz CT molecular complexity index is 480. The maximum absolute atomic E-state index is 10.7. The fourth-order valence-corrected chi connectivity index (χ4v) is 1.42. The maximum atomic E-state index is 10.7. The number of hydrogen-bond donors (Lipinski definition) is 2. The number of rotatable bonds is 4. The molecule has 0 aliphatic carbocycles. The Morgan fingerprint density at radius 3 is 3.00 bits per heavy atom. The number of aromatic amines is 1. The third-order valence-electron chi connectivity index (χ3n) is 2.19. The van der Waals surface area contributed by atoms with E-state index in [-0.39, 0.29) is 5.91 Å². The zero-order chi connectivity index (χ0) is 11.4. The number of amides is 1. The highest BCUT2D eigenvalue weighted by molar-refractivity contribution is 5.74. The first-order valence-electron chi connectivity index (χ1n) is 4.87. The average Bonchev–Trinajstić information content (AvgIpc) is 2.80. The van der Waals surface area contributed by atoms with Crippen molar-refractivity contribution in [1.29, 1.82) is 0 Å². The molecule has 0 atom stereocenters. The molecule has 1 aromatic carbocycles. The molecule has 0 fully saturated rings. The summed E-state index contributed by atoms with van der Waals surface area (Å²) in [7, 11) is 0. The van der Waals surface area contributed by atoms with Crippen molar-refractivity contribution in [3.63, 3.8) is 0 Å². The number of aromatic nitrogens is 4. The number of nitrogens with zero attached hydrogens (tertiary/aromatic N) is 3. The largest absolute Gasteiger partial charge is 0.370 e. The number of hydrogen-bond acceptors (Lipinski definition) is 4. The molecule has 2 rings (SSSR count). The van der Waals surface area contributed by atoms with Gasteiger partial charge < -0.3 is 5.73 Å². The van der Waals surface area contributed by atoms with Gasteiger partial charge in [-0.1, -0.05) is 18.2 Å². The second-order valence-corrected chi connectivity index (χ2v) is 3.40. The fourth-order valence-electron chi connectivity index (χ4n) is 1.42. The highest BCUT2D eigenvalue weighted by Gasteiger charge is 2.04. The molecule has 0 aliphatic rings. The van der Waals surface area contributed by atoms with Gasteiger partial charge in [0.05, 0.1) is 0 Å². The summed E-state index contributed by atoms with van der Waals surface area (Å²) in [5.74, 6) is 0.242. The highest BCUT2D eigenvalue weighted by atomic mass is 16.1. The van der Waals surface area contributed by atoms with E-state index in [1.54, 1.807) is 0 Å². The number of carbonyl (C=O) groups excluding carboxylic acids is 1. The Labute approximate surface area is 91.9 Å². The predicted octanol–water partition coefficient (Wildman–Crippen LogP) is 0.285. The monoisotopic (exact) mass is 217 g/mol. The summed E-state index contributed by atoms with van der Waals surface area (Å²) in [5, 5.41) is 13.7. The Morgan fingerprint density at radius 1 is 1.44 bits per heavy atom. The van der Waals surface area contributed by atoms with Crippen LogP contribution < -0.4 is 5.73 Å². The molecule has 1 amide bonds. The Morgan fingerprint density at radius 2 is 2.31 bits per heavy atom. The minimum atomic E-state index is -0.301. The second-order valence-electron chi connectivity index (χ2n) is 3.40. The molecule has 0 spiro atoms. The van der Waals surface area contributed by atoms with E-state index in [2.05, 4.69) is 20.6 Å². The van der Waals surface area contributed by atoms with Crippen molar-refractivity contribution in [2.75, 3.05) is 0 Å². The van der Waals surface area contributed by atoms with Gasteiger partial charge in [-0.25, -0.2) is 0 Å². The van der Waals surface area contributed by atoms with E-state index in [1.165, 1.54) is 0 Å². The molecule has 6 nitrogen and oxygen atoms in total. The smallest absolute Gasteiger partial charge is 0.217 e. The van der Waals surface area contributed by atoms with Crippen LogP contribution in [-0.2, 0) is 11.2 Å². The van der Waals surface area contributed by atoms with Crippen LogP contribution in [-0.4, -0.2) is 26.5 Å². The van der Waals surface area contributed by atoms with Crippen LogP contribution in [0.2, 0.25) is 0 Å². The summed E-state index contributed by atoms with van der Waals surface area (Å²) in [6.07, 6.45) is 0.969. The standard InChI is InChI=1S/C10H11N5O/c11-9(16)5-4-7-2-1-3-8(6-7)10-12-14-15-13-10/h1-3,6H,4-5H2,(H2,11,16)(H,12,13,14,15). The average molecular weight is 217 g/mol. The topological polar surface area (TPSA) is 97.5 Å². The number of benzene rings is 1. The lowest BCUT2D eigenvalue weighted by atomic mass is 10.1. The van der Waals surface area contributed by atoms with Gasteiger partial charge in [0, 0.05) is 12.0 Å². The highest BCUT2D eigenvalue weighted by Crippen LogP contribution is 2.15. The Kier molecular flexibility index (Phi) is 2.90. The van der Waals surface area contributed by atoms with Crippen molar-refractivity contribution in [3.05, 3.63) is 29.8 Å². The maximum Gasteiger partial charge on any atom is 0.217 e. The van der Waals surface area contributed by atoms with Crippen molar-refractivity contribution < 1.29 is 4.79 Å². The van der Waals surface area contributed by atoms with Crippen LogP contribution in [0.5, 0.6) is 0 Å². The van der Waals surface area contributed by atoms with E-state index < -0.39 is 0 Å². The van der Waals surface area contributed by atoms with Crippen molar-refractivity contribution >= 4 is 5.91 Å². The lowest BCUT2D eigenvalue weighted by Crippen LogP contribution is -2.11. The van der Waals surface area contributed by atoms with E-state index in [0.29, 0.717) is 18.7 Å². The van der Waals surface area contributed by atoms with Crippen molar-refractivity contribution in [1.82, 2.24) is 20.6 Å². The molecule has 1 heterocycles. The van der Waals surface area contributed by atoms with E-state index in [9.17, 15) is 4.79 Å². The van der Waals surface area contributed by atoms with Gasteiger partial charge in [0.1, 0.15) is 0 Å². The molecule has 0 aliphatic heterocycles. The molecule has 0 saturated heterocycles. The van der Waals surface area contributed by atoms with Gasteiger partial charge in [0.25, 0.3) is 0 Å². The summed E-state index contributed by atoms with van der Waals surface area (Å²) in [5.41, 5.74) is 6.99. The van der Waals surface area contributed by atoms with Gasteiger partial charge >= 0.3 is 0 Å². The first kappa shape index (κ1) is 10.3. The van der Waals surface area contributed by atoms with Gasteiger partial charge in [0.15, 0.2) is 0 Å². The number of primary amides is 1. The quantitative estimate of drug-likeness (QED) is 0.768. The number of H-pyrrole nitrogens is 1. The van der Waals surface area contributed by atoms with Crippen molar-refractivity contribution in [2.45, 2.75) is 12.8 Å². The lowest BCUT2D eigenvalue weighted by Gasteiger charge is -2.00. The molecule has 1 aromatic heterocycles. The van der Waals surface area contributed by atoms with Crippen LogP contribution in [0, 0.1) is 0 Å². The second kappa shape index (κ2) is 4.52. The summed E-state index contributed by atoms with van der Waals surface area (Å²) < 4.78 is 0. The van der Waals surface area contributed by atoms with Gasteiger partial charge in [0.2, 0.25) is 11.7 Å². The number of tetrazole rings is 1. The third-order valence-corrected chi connectivity index (χ3v) is 2.19. The van der Waals surface area contributed by atoms with Gasteiger partial charge in [-0.3, -0.25) is 4.79 Å². The molecule has 3 N–H and O–H groups in total. The molecule has 0 radical (unpaired) electrons. The van der Waals surface area contributed by atoms with Gasteiger partial charge in [-0.2, -0.15) is 5.21 Å². The molecule has 16 heavy (non-hydrogen) atoms. The Balaban J connectivity index is 2.17. The van der Waals surface area contributed by atoms with Crippen LogP contribution in [0.25, 0.3) is 11.4 Å². The van der Waals surface area contributed by atoms with Gasteiger partial charge in [-0.15, -0.1) is 10.2 Å². The lowest BCUT2D eigenvalue weighted by molar-refractivity contribution is -0.117. The fraction of sp³-hybridized carbons (Fsp3) is 0.200. The molecule has 0 bridgehead atoms. The van der Waals surface area contributed by atoms with Crippen LogP contribution in [0.1, 0.15) is 12.0 Å². The molecular weight excluding hydrogens is 206 g/mol. The molecular formula is C10H11N5O. The number of aryl methyl sites for hydroxylation is 1. The summed E-state index contributed by atoms with van der Waals surface area (Å²) in [6, 6.07) is 7.64. The van der Waals surface area contributed by atoms with Crippen LogP contribution >= 0.6 is 0 Å². The minimum Gasteiger partial charge on any atom is -0.370 e. The molecule has 82 valence electrons. The Hall–Kier alpha value is -2.24. The first-order chi connectivity index (χ1) is 7.75. The summed E-state index contributed by atoms with van der Waals surface area (Å²) in [4.78, 5) is 10.7. The van der Waals surface area contributed by atoms with Crippen LogP contribution in [0.3, 0.4) is 0 Å². The van der Waals surface area contributed by atoms with E-state index >= 15 is 0 Å². The van der Waals surface area contributed by atoms with E-state index in [0.717, 1.165) is 11.1 Å². The van der Waals surface area contributed by atoms with Crippen LogP contribution in [0.15, 0.2) is 24.3 Å². The number of nitrogens with two attached hydrogens (primary N) is 1. The zero-order valence-electron chi connectivity index (χ0n) is 8.55. The number of nitrogens with one attached hydrogen (secondary N) is 1. The third kappa shape index (κ3) is 2.41. The summed E-state index contributed by atoms with van der Waals surface area (Å²) >= 11 is 0. The molecule has 6 heteroatoms. The first-order valence-corrected chi connectivity index (χ1v) is 4.87. The predicted molar refractivity (Wildman–Crippen MR) is 57.1 cm³/mol. The van der Waals surface area contributed by atoms with Crippen molar-refractivity contribution in [3.8, 4) is 11.4 Å². The van der Waals surface area contributed by atoms with Crippen LogP contribution in [0.4, 0.5) is 0 Å². The number of carbonyl (C=O) groups is 1. The normalized spacial score (nSPS) is 10.2. The zero-order valence-corrected chi connectivity index (χ0v) is 8.55. The van der Waals surface area contributed by atoms with Crippen molar-refractivity contribution in [2.24, 2.45) is 5.73 Å². The molecule has 0 saturated carbocycles. The molecule has 2 aromatic rings. The van der Waals surface area contributed by atoms with E-state index in [4.69, 9.17) is 5.73 Å².